The summed E-state index contributed by atoms with van der Waals surface area (Å²) in [6.45, 7) is 0.631. The number of halogens is 1. The van der Waals surface area contributed by atoms with Crippen molar-refractivity contribution in [3.05, 3.63) is 71.5 Å². The third-order valence-corrected chi connectivity index (χ3v) is 4.12. The number of hydrogen-bond donors (Lipinski definition) is 1. The molecule has 0 spiro atoms. The number of hydrogen-bond acceptors (Lipinski definition) is 1. The summed E-state index contributed by atoms with van der Waals surface area (Å²) < 4.78 is 13.0. The zero-order valence-corrected chi connectivity index (χ0v) is 11.8. The van der Waals surface area contributed by atoms with Crippen molar-refractivity contribution in [2.45, 2.75) is 24.7 Å². The lowest BCUT2D eigenvalue weighted by Gasteiger charge is -2.15. The van der Waals surface area contributed by atoms with Gasteiger partial charge in [-0.2, -0.15) is 0 Å². The SMILES string of the molecule is O=C(NCCc1ccccc1)C1(c2ccc(F)cc2)CC1. The fraction of sp³-hybridized carbons (Fsp3) is 0.278. The largest absolute Gasteiger partial charge is 0.355 e. The molecule has 0 aliphatic heterocycles. The Morgan fingerprint density at radius 3 is 2.33 bits per heavy atom. The number of carbonyl (C=O) groups is 1. The Kier molecular flexibility index (Phi) is 3.74. The number of amides is 1. The lowest BCUT2D eigenvalue weighted by Crippen LogP contribution is -2.35. The molecule has 0 saturated heterocycles. The normalized spacial score (nSPS) is 15.5. The summed E-state index contributed by atoms with van der Waals surface area (Å²) in [5.41, 5.74) is 1.70. The molecule has 0 unspecified atom stereocenters. The van der Waals surface area contributed by atoms with Crippen LogP contribution in [0.25, 0.3) is 0 Å². The van der Waals surface area contributed by atoms with E-state index in [1.807, 2.05) is 18.2 Å². The topological polar surface area (TPSA) is 29.1 Å². The third-order valence-electron chi connectivity index (χ3n) is 4.12. The fourth-order valence-corrected chi connectivity index (χ4v) is 2.67. The van der Waals surface area contributed by atoms with E-state index in [0.717, 1.165) is 24.8 Å². The molecule has 0 atom stereocenters. The van der Waals surface area contributed by atoms with Crippen LogP contribution in [0.1, 0.15) is 24.0 Å². The summed E-state index contributed by atoms with van der Waals surface area (Å²) in [6.07, 6.45) is 2.51. The van der Waals surface area contributed by atoms with Gasteiger partial charge in [0.1, 0.15) is 5.82 Å². The third kappa shape index (κ3) is 2.97. The highest BCUT2D eigenvalue weighted by molar-refractivity contribution is 5.91. The zero-order valence-electron chi connectivity index (χ0n) is 11.8. The predicted molar refractivity (Wildman–Crippen MR) is 80.5 cm³/mol. The van der Waals surface area contributed by atoms with Crippen LogP contribution in [0.15, 0.2) is 54.6 Å². The van der Waals surface area contributed by atoms with Crippen molar-refractivity contribution < 1.29 is 9.18 Å². The van der Waals surface area contributed by atoms with E-state index in [1.54, 1.807) is 12.1 Å². The van der Waals surface area contributed by atoms with Crippen LogP contribution in [0.2, 0.25) is 0 Å². The van der Waals surface area contributed by atoms with E-state index in [2.05, 4.69) is 17.4 Å². The van der Waals surface area contributed by atoms with E-state index in [1.165, 1.54) is 17.7 Å². The van der Waals surface area contributed by atoms with Crippen LogP contribution < -0.4 is 5.32 Å². The van der Waals surface area contributed by atoms with E-state index >= 15 is 0 Å². The van der Waals surface area contributed by atoms with Gasteiger partial charge in [0.05, 0.1) is 5.41 Å². The number of carbonyl (C=O) groups excluding carboxylic acids is 1. The maximum Gasteiger partial charge on any atom is 0.230 e. The summed E-state index contributed by atoms with van der Waals surface area (Å²) in [7, 11) is 0. The number of rotatable bonds is 5. The molecule has 1 N–H and O–H groups in total. The van der Waals surface area contributed by atoms with Crippen molar-refractivity contribution >= 4 is 5.91 Å². The quantitative estimate of drug-likeness (QED) is 0.897. The van der Waals surface area contributed by atoms with Crippen molar-refractivity contribution in [1.29, 1.82) is 0 Å². The molecule has 0 bridgehead atoms. The van der Waals surface area contributed by atoms with Gasteiger partial charge in [0.2, 0.25) is 5.91 Å². The van der Waals surface area contributed by atoms with Crippen LogP contribution in [0, 0.1) is 5.82 Å². The minimum atomic E-state index is -0.426. The first-order valence-corrected chi connectivity index (χ1v) is 7.29. The molecule has 1 aliphatic carbocycles. The first kappa shape index (κ1) is 13.8. The molecule has 2 aromatic carbocycles. The molecule has 1 amide bonds. The standard InChI is InChI=1S/C18H18FNO/c19-16-8-6-15(7-9-16)18(11-12-18)17(21)20-13-10-14-4-2-1-3-5-14/h1-9H,10-13H2,(H,20,21). The molecule has 108 valence electrons. The number of nitrogens with one attached hydrogen (secondary N) is 1. The van der Waals surface area contributed by atoms with Crippen LogP contribution in [0.4, 0.5) is 4.39 Å². The molecular weight excluding hydrogens is 265 g/mol. The second kappa shape index (κ2) is 5.68. The summed E-state index contributed by atoms with van der Waals surface area (Å²) >= 11 is 0. The minimum absolute atomic E-state index is 0.0602. The minimum Gasteiger partial charge on any atom is -0.355 e. The Labute approximate surface area is 124 Å². The Bertz CT molecular complexity index is 617. The Morgan fingerprint density at radius 1 is 1.05 bits per heavy atom. The maximum atomic E-state index is 13.0. The van der Waals surface area contributed by atoms with Gasteiger partial charge in [0, 0.05) is 6.54 Å². The van der Waals surface area contributed by atoms with E-state index in [-0.39, 0.29) is 11.7 Å². The summed E-state index contributed by atoms with van der Waals surface area (Å²) in [6, 6.07) is 16.4. The smallest absolute Gasteiger partial charge is 0.230 e. The molecule has 3 rings (SSSR count). The highest BCUT2D eigenvalue weighted by Gasteiger charge is 2.50. The van der Waals surface area contributed by atoms with Gasteiger partial charge in [-0.1, -0.05) is 42.5 Å². The second-order valence-electron chi connectivity index (χ2n) is 5.58. The first-order valence-electron chi connectivity index (χ1n) is 7.29. The van der Waals surface area contributed by atoms with Crippen molar-refractivity contribution in [1.82, 2.24) is 5.32 Å². The highest BCUT2D eigenvalue weighted by Crippen LogP contribution is 2.48. The molecule has 2 nitrogen and oxygen atoms in total. The molecule has 0 radical (unpaired) electrons. The van der Waals surface area contributed by atoms with Gasteiger partial charge in [-0.15, -0.1) is 0 Å². The molecule has 1 aliphatic rings. The highest BCUT2D eigenvalue weighted by atomic mass is 19.1. The Hall–Kier alpha value is -2.16. The summed E-state index contributed by atoms with van der Waals surface area (Å²) in [4.78, 5) is 12.4. The van der Waals surface area contributed by atoms with Gasteiger partial charge in [-0.25, -0.2) is 4.39 Å². The van der Waals surface area contributed by atoms with Crippen molar-refractivity contribution in [3.8, 4) is 0 Å². The lowest BCUT2D eigenvalue weighted by atomic mass is 9.95. The van der Waals surface area contributed by atoms with Gasteiger partial charge in [0.15, 0.2) is 0 Å². The van der Waals surface area contributed by atoms with Crippen LogP contribution >= 0.6 is 0 Å². The van der Waals surface area contributed by atoms with Gasteiger partial charge < -0.3 is 5.32 Å². The van der Waals surface area contributed by atoms with E-state index in [0.29, 0.717) is 6.54 Å². The average Bonchev–Trinajstić information content (AvgIpc) is 3.31. The molecular formula is C18H18FNO. The second-order valence-corrected chi connectivity index (χ2v) is 5.58. The predicted octanol–water partition coefficient (Wildman–Crippen LogP) is 3.22. The molecule has 3 heteroatoms. The molecule has 1 saturated carbocycles. The monoisotopic (exact) mass is 283 g/mol. The van der Waals surface area contributed by atoms with Crippen LogP contribution in [0.5, 0.6) is 0 Å². The van der Waals surface area contributed by atoms with Gasteiger partial charge in [-0.05, 0) is 42.5 Å². The Morgan fingerprint density at radius 2 is 1.71 bits per heavy atom. The summed E-state index contributed by atoms with van der Waals surface area (Å²) in [5.74, 6) is -0.205. The van der Waals surface area contributed by atoms with E-state index in [9.17, 15) is 9.18 Å². The van der Waals surface area contributed by atoms with Crippen molar-refractivity contribution in [2.24, 2.45) is 0 Å². The van der Waals surface area contributed by atoms with Gasteiger partial charge in [-0.3, -0.25) is 4.79 Å². The summed E-state index contributed by atoms with van der Waals surface area (Å²) in [5, 5.41) is 3.01. The van der Waals surface area contributed by atoms with E-state index < -0.39 is 5.41 Å². The molecule has 0 aromatic heterocycles. The maximum absolute atomic E-state index is 13.0. The lowest BCUT2D eigenvalue weighted by molar-refractivity contribution is -0.123. The first-order chi connectivity index (χ1) is 10.2. The molecule has 0 heterocycles. The van der Waals surface area contributed by atoms with Gasteiger partial charge >= 0.3 is 0 Å². The molecule has 2 aromatic rings. The zero-order chi connectivity index (χ0) is 14.7. The number of benzene rings is 2. The van der Waals surface area contributed by atoms with Crippen molar-refractivity contribution in [2.75, 3.05) is 6.54 Å². The molecule has 21 heavy (non-hydrogen) atoms. The van der Waals surface area contributed by atoms with Gasteiger partial charge in [0.25, 0.3) is 0 Å². The Balaban J connectivity index is 1.59. The van der Waals surface area contributed by atoms with Crippen LogP contribution in [-0.4, -0.2) is 12.5 Å². The fourth-order valence-electron chi connectivity index (χ4n) is 2.67. The van der Waals surface area contributed by atoms with Crippen LogP contribution in [-0.2, 0) is 16.6 Å². The van der Waals surface area contributed by atoms with Crippen molar-refractivity contribution in [3.63, 3.8) is 0 Å². The van der Waals surface area contributed by atoms with E-state index in [4.69, 9.17) is 0 Å². The molecule has 1 fully saturated rings. The average molecular weight is 283 g/mol. The van der Waals surface area contributed by atoms with Crippen LogP contribution in [0.3, 0.4) is 0 Å².